The van der Waals surface area contributed by atoms with Gasteiger partial charge in [0.25, 0.3) is 0 Å². The molecular formula is C17H14O5. The zero-order chi connectivity index (χ0) is 15.7. The molecule has 0 bridgehead atoms. The fraction of sp³-hybridized carbons (Fsp3) is 0.118. The lowest BCUT2D eigenvalue weighted by atomic mass is 10.0. The number of aromatic hydroxyl groups is 2. The van der Waals surface area contributed by atoms with E-state index in [9.17, 15) is 15.0 Å². The molecule has 2 aromatic carbocycles. The highest BCUT2D eigenvalue weighted by Gasteiger charge is 2.10. The molecule has 0 aliphatic rings. The SMILES string of the molecule is COc1cc2oc(=O)c(Cc3ccc(O)cc3)cc2cc1O. The first kappa shape index (κ1) is 14.0. The Bertz CT molecular complexity index is 878. The summed E-state index contributed by atoms with van der Waals surface area (Å²) < 4.78 is 10.3. The van der Waals surface area contributed by atoms with Gasteiger partial charge in [0, 0.05) is 23.4 Å². The summed E-state index contributed by atoms with van der Waals surface area (Å²) in [5.41, 5.74) is 1.27. The van der Waals surface area contributed by atoms with Crippen LogP contribution < -0.4 is 10.4 Å². The minimum Gasteiger partial charge on any atom is -0.508 e. The van der Waals surface area contributed by atoms with E-state index >= 15 is 0 Å². The van der Waals surface area contributed by atoms with E-state index in [2.05, 4.69) is 0 Å². The van der Waals surface area contributed by atoms with E-state index in [-0.39, 0.29) is 17.2 Å². The molecule has 0 saturated carbocycles. The Morgan fingerprint density at radius 2 is 1.82 bits per heavy atom. The molecule has 1 aromatic heterocycles. The Morgan fingerprint density at radius 1 is 1.09 bits per heavy atom. The van der Waals surface area contributed by atoms with E-state index in [0.29, 0.717) is 23.0 Å². The molecule has 2 N–H and O–H groups in total. The smallest absolute Gasteiger partial charge is 0.339 e. The van der Waals surface area contributed by atoms with Gasteiger partial charge in [-0.2, -0.15) is 0 Å². The van der Waals surface area contributed by atoms with Crippen molar-refractivity contribution in [3.05, 3.63) is 64.0 Å². The summed E-state index contributed by atoms with van der Waals surface area (Å²) in [6.45, 7) is 0. The molecule has 3 rings (SSSR count). The standard InChI is InChI=1S/C17H14O5/c1-21-16-9-15-11(8-14(16)19)7-12(17(20)22-15)6-10-2-4-13(18)5-3-10/h2-5,7-9,18-19H,6H2,1H3. The summed E-state index contributed by atoms with van der Waals surface area (Å²) >= 11 is 0. The minimum atomic E-state index is -0.437. The maximum atomic E-state index is 12.1. The lowest BCUT2D eigenvalue weighted by Gasteiger charge is -2.06. The van der Waals surface area contributed by atoms with Gasteiger partial charge in [-0.1, -0.05) is 12.1 Å². The van der Waals surface area contributed by atoms with Gasteiger partial charge in [0.05, 0.1) is 7.11 Å². The second kappa shape index (κ2) is 5.44. The van der Waals surface area contributed by atoms with Crippen LogP contribution in [0.3, 0.4) is 0 Å². The van der Waals surface area contributed by atoms with Crippen LogP contribution in [0.25, 0.3) is 11.0 Å². The Hall–Kier alpha value is -2.95. The van der Waals surface area contributed by atoms with Crippen LogP contribution in [0.2, 0.25) is 0 Å². The van der Waals surface area contributed by atoms with Gasteiger partial charge in [0.2, 0.25) is 0 Å². The summed E-state index contributed by atoms with van der Waals surface area (Å²) in [6.07, 6.45) is 0.380. The lowest BCUT2D eigenvalue weighted by Crippen LogP contribution is -2.07. The van der Waals surface area contributed by atoms with Crippen molar-refractivity contribution in [3.63, 3.8) is 0 Å². The van der Waals surface area contributed by atoms with E-state index in [1.165, 1.54) is 19.2 Å². The number of fused-ring (bicyclic) bond motifs is 1. The molecule has 1 heterocycles. The van der Waals surface area contributed by atoms with Gasteiger partial charge >= 0.3 is 5.63 Å². The van der Waals surface area contributed by atoms with E-state index in [0.717, 1.165) is 5.56 Å². The Morgan fingerprint density at radius 3 is 2.50 bits per heavy atom. The number of methoxy groups -OCH3 is 1. The third kappa shape index (κ3) is 2.61. The van der Waals surface area contributed by atoms with Gasteiger partial charge in [-0.05, 0) is 29.8 Å². The van der Waals surface area contributed by atoms with Crippen molar-refractivity contribution < 1.29 is 19.4 Å². The molecule has 0 radical (unpaired) electrons. The van der Waals surface area contributed by atoms with Crippen molar-refractivity contribution >= 4 is 11.0 Å². The average Bonchev–Trinajstić information content (AvgIpc) is 2.50. The molecule has 0 atom stereocenters. The molecule has 22 heavy (non-hydrogen) atoms. The molecule has 3 aromatic rings. The number of phenolic OH excluding ortho intramolecular Hbond substituents is 2. The van der Waals surface area contributed by atoms with Crippen molar-refractivity contribution in [1.29, 1.82) is 0 Å². The molecule has 0 amide bonds. The number of hydrogen-bond donors (Lipinski definition) is 2. The quantitative estimate of drug-likeness (QED) is 0.727. The van der Waals surface area contributed by atoms with Gasteiger partial charge < -0.3 is 19.4 Å². The number of phenols is 2. The highest BCUT2D eigenvalue weighted by Crippen LogP contribution is 2.31. The molecule has 5 nitrogen and oxygen atoms in total. The fourth-order valence-corrected chi connectivity index (χ4v) is 2.30. The van der Waals surface area contributed by atoms with Crippen LogP contribution in [-0.4, -0.2) is 17.3 Å². The molecule has 0 unspecified atom stereocenters. The van der Waals surface area contributed by atoms with E-state index in [1.807, 2.05) is 0 Å². The van der Waals surface area contributed by atoms with Crippen molar-refractivity contribution in [3.8, 4) is 17.2 Å². The third-order valence-electron chi connectivity index (χ3n) is 3.44. The maximum absolute atomic E-state index is 12.1. The Kier molecular flexibility index (Phi) is 3.47. The lowest BCUT2D eigenvalue weighted by molar-refractivity contribution is 0.373. The van der Waals surface area contributed by atoms with Gasteiger partial charge in [0.1, 0.15) is 11.3 Å². The highest BCUT2D eigenvalue weighted by atomic mass is 16.5. The van der Waals surface area contributed by atoms with Gasteiger partial charge in [-0.25, -0.2) is 4.79 Å². The molecule has 5 heteroatoms. The van der Waals surface area contributed by atoms with Crippen molar-refractivity contribution in [1.82, 2.24) is 0 Å². The van der Waals surface area contributed by atoms with Crippen LogP contribution in [0.4, 0.5) is 0 Å². The van der Waals surface area contributed by atoms with Gasteiger partial charge in [0.15, 0.2) is 11.5 Å². The Balaban J connectivity index is 2.05. The monoisotopic (exact) mass is 298 g/mol. The van der Waals surface area contributed by atoms with Crippen LogP contribution in [0, 0.1) is 0 Å². The maximum Gasteiger partial charge on any atom is 0.339 e. The second-order valence-corrected chi connectivity index (χ2v) is 4.96. The summed E-state index contributed by atoms with van der Waals surface area (Å²) in [7, 11) is 1.43. The first-order valence-corrected chi connectivity index (χ1v) is 6.68. The van der Waals surface area contributed by atoms with Crippen LogP contribution in [0.5, 0.6) is 17.2 Å². The molecule has 0 aliphatic heterocycles. The summed E-state index contributed by atoms with van der Waals surface area (Å²) in [4.78, 5) is 12.1. The zero-order valence-electron chi connectivity index (χ0n) is 11.9. The molecule has 0 fully saturated rings. The van der Waals surface area contributed by atoms with E-state index < -0.39 is 5.63 Å². The van der Waals surface area contributed by atoms with E-state index in [1.54, 1.807) is 30.3 Å². The number of rotatable bonds is 3. The predicted octanol–water partition coefficient (Wildman–Crippen LogP) is 2.80. The molecular weight excluding hydrogens is 284 g/mol. The van der Waals surface area contributed by atoms with Crippen LogP contribution in [0.15, 0.2) is 51.7 Å². The topological polar surface area (TPSA) is 79.9 Å². The summed E-state index contributed by atoms with van der Waals surface area (Å²) in [6, 6.07) is 11.3. The summed E-state index contributed by atoms with van der Waals surface area (Å²) in [5, 5.41) is 19.7. The number of hydrogen-bond acceptors (Lipinski definition) is 5. The van der Waals surface area contributed by atoms with Crippen molar-refractivity contribution in [2.24, 2.45) is 0 Å². The molecule has 112 valence electrons. The normalized spacial score (nSPS) is 10.8. The van der Waals surface area contributed by atoms with Gasteiger partial charge in [-0.15, -0.1) is 0 Å². The predicted molar refractivity (Wildman–Crippen MR) is 81.6 cm³/mol. The van der Waals surface area contributed by atoms with Crippen LogP contribution in [0.1, 0.15) is 11.1 Å². The largest absolute Gasteiger partial charge is 0.508 e. The van der Waals surface area contributed by atoms with Crippen LogP contribution in [-0.2, 0) is 6.42 Å². The second-order valence-electron chi connectivity index (χ2n) is 4.96. The summed E-state index contributed by atoms with van der Waals surface area (Å²) in [5.74, 6) is 0.410. The zero-order valence-corrected chi connectivity index (χ0v) is 11.9. The first-order valence-electron chi connectivity index (χ1n) is 6.68. The average molecular weight is 298 g/mol. The molecule has 0 aliphatic carbocycles. The van der Waals surface area contributed by atoms with Crippen molar-refractivity contribution in [2.45, 2.75) is 6.42 Å². The highest BCUT2D eigenvalue weighted by molar-refractivity contribution is 5.81. The van der Waals surface area contributed by atoms with Gasteiger partial charge in [-0.3, -0.25) is 0 Å². The van der Waals surface area contributed by atoms with E-state index in [4.69, 9.17) is 9.15 Å². The minimum absolute atomic E-state index is 0.0144. The van der Waals surface area contributed by atoms with Crippen molar-refractivity contribution in [2.75, 3.05) is 7.11 Å². The Labute approximate surface area is 126 Å². The fourth-order valence-electron chi connectivity index (χ4n) is 2.30. The number of benzene rings is 2. The third-order valence-corrected chi connectivity index (χ3v) is 3.44. The molecule has 0 saturated heterocycles. The molecule has 0 spiro atoms. The van der Waals surface area contributed by atoms with Crippen LogP contribution >= 0.6 is 0 Å². The first-order chi connectivity index (χ1) is 10.6. The number of ether oxygens (including phenoxy) is 1.